The number of benzene rings is 2. The first kappa shape index (κ1) is 19.9. The number of hydrogen-bond donors (Lipinski definition) is 1. The van der Waals surface area contributed by atoms with Crippen molar-refractivity contribution in [2.24, 2.45) is 15.7 Å². The van der Waals surface area contributed by atoms with Gasteiger partial charge in [-0.25, -0.2) is 9.98 Å². The summed E-state index contributed by atoms with van der Waals surface area (Å²) in [6.45, 7) is 9.69. The first-order chi connectivity index (χ1) is 12.4. The molecule has 136 valence electrons. The summed E-state index contributed by atoms with van der Waals surface area (Å²) in [6, 6.07) is 15.7. The second kappa shape index (κ2) is 9.32. The fourth-order valence-corrected chi connectivity index (χ4v) is 2.60. The van der Waals surface area contributed by atoms with Crippen LogP contribution in [-0.4, -0.2) is 30.2 Å². The zero-order valence-corrected chi connectivity index (χ0v) is 16.3. The Kier molecular flexibility index (Phi) is 7.13. The van der Waals surface area contributed by atoms with Gasteiger partial charge in [0, 0.05) is 12.1 Å². The first-order valence-electron chi connectivity index (χ1n) is 8.51. The van der Waals surface area contributed by atoms with Crippen LogP contribution in [0.25, 0.3) is 5.70 Å². The summed E-state index contributed by atoms with van der Waals surface area (Å²) < 4.78 is 0. The van der Waals surface area contributed by atoms with Crippen LogP contribution in [0.3, 0.4) is 0 Å². The molecule has 26 heavy (non-hydrogen) atoms. The first-order valence-corrected chi connectivity index (χ1v) is 8.89. The van der Waals surface area contributed by atoms with Gasteiger partial charge in [-0.3, -0.25) is 0 Å². The van der Waals surface area contributed by atoms with Crippen molar-refractivity contribution in [3.8, 4) is 0 Å². The molecule has 0 atom stereocenters. The van der Waals surface area contributed by atoms with Crippen molar-refractivity contribution in [1.82, 2.24) is 4.90 Å². The average Bonchev–Trinajstić information content (AvgIpc) is 2.63. The van der Waals surface area contributed by atoms with E-state index in [1.165, 1.54) is 0 Å². The lowest BCUT2D eigenvalue weighted by atomic mass is 10.1. The van der Waals surface area contributed by atoms with Crippen molar-refractivity contribution in [2.45, 2.75) is 20.4 Å². The predicted molar refractivity (Wildman–Crippen MR) is 113 cm³/mol. The number of aliphatic imine (C=N–C) groups is 2. The van der Waals surface area contributed by atoms with E-state index in [4.69, 9.17) is 17.3 Å². The second-order valence-electron chi connectivity index (χ2n) is 6.15. The summed E-state index contributed by atoms with van der Waals surface area (Å²) in [5, 5.41) is 0.581. The van der Waals surface area contributed by atoms with Crippen molar-refractivity contribution in [3.05, 3.63) is 76.8 Å². The van der Waals surface area contributed by atoms with Crippen LogP contribution in [0.4, 0.5) is 0 Å². The molecule has 0 bridgehead atoms. The van der Waals surface area contributed by atoms with E-state index in [0.717, 1.165) is 29.8 Å². The number of nitrogens with zero attached hydrogens (tertiary/aromatic N) is 3. The third-order valence-electron chi connectivity index (χ3n) is 3.89. The van der Waals surface area contributed by atoms with Gasteiger partial charge in [-0.1, -0.05) is 61.5 Å². The van der Waals surface area contributed by atoms with Crippen LogP contribution in [0.2, 0.25) is 5.02 Å². The highest BCUT2D eigenvalue weighted by Crippen LogP contribution is 2.23. The number of amidine groups is 2. The summed E-state index contributed by atoms with van der Waals surface area (Å²) in [4.78, 5) is 11.2. The van der Waals surface area contributed by atoms with Gasteiger partial charge in [-0.05, 0) is 43.8 Å². The second-order valence-corrected chi connectivity index (χ2v) is 6.55. The number of nitrogens with two attached hydrogens (primary N) is 1. The van der Waals surface area contributed by atoms with Crippen molar-refractivity contribution in [2.75, 3.05) is 13.6 Å². The SMILES string of the molecule is C=C(N=C(N=C(C)N)c1cc(CN(C)CC)ccc1Cl)c1ccccc1. The standard InChI is InChI=1S/C21H25ClN4/c1-5-26(4)14-17-11-12-20(22)19(13-17)21(25-16(3)23)24-15(2)18-9-7-6-8-10-18/h6-13H,2,5,14H2,1,3-4H3,(H2,23,24,25). The van der Waals surface area contributed by atoms with Crippen molar-refractivity contribution < 1.29 is 0 Å². The third kappa shape index (κ3) is 5.55. The van der Waals surface area contributed by atoms with E-state index in [1.54, 1.807) is 6.92 Å². The van der Waals surface area contributed by atoms with Crippen LogP contribution in [0, 0.1) is 0 Å². The number of halogens is 1. The predicted octanol–water partition coefficient (Wildman–Crippen LogP) is 4.59. The zero-order valence-electron chi connectivity index (χ0n) is 15.5. The van der Waals surface area contributed by atoms with Crippen molar-refractivity contribution in [3.63, 3.8) is 0 Å². The largest absolute Gasteiger partial charge is 0.387 e. The fourth-order valence-electron chi connectivity index (χ4n) is 2.40. The van der Waals surface area contributed by atoms with Crippen LogP contribution in [-0.2, 0) is 6.54 Å². The van der Waals surface area contributed by atoms with Gasteiger partial charge in [-0.2, -0.15) is 0 Å². The molecule has 2 aromatic carbocycles. The number of rotatable bonds is 6. The molecule has 0 saturated carbocycles. The van der Waals surface area contributed by atoms with Crippen molar-refractivity contribution in [1.29, 1.82) is 0 Å². The summed E-state index contributed by atoms with van der Waals surface area (Å²) in [7, 11) is 2.07. The van der Waals surface area contributed by atoms with Gasteiger partial charge in [0.15, 0.2) is 5.84 Å². The third-order valence-corrected chi connectivity index (χ3v) is 4.22. The van der Waals surface area contributed by atoms with Crippen LogP contribution >= 0.6 is 11.6 Å². The smallest absolute Gasteiger partial charge is 0.163 e. The monoisotopic (exact) mass is 368 g/mol. The van der Waals surface area contributed by atoms with E-state index in [2.05, 4.69) is 35.4 Å². The molecule has 0 aliphatic heterocycles. The summed E-state index contributed by atoms with van der Waals surface area (Å²) in [5.74, 6) is 0.876. The van der Waals surface area contributed by atoms with Crippen LogP contribution in [0.1, 0.15) is 30.5 Å². The molecule has 0 saturated heterocycles. The molecular formula is C21H25ClN4. The minimum absolute atomic E-state index is 0.414. The Hall–Kier alpha value is -2.43. The van der Waals surface area contributed by atoms with E-state index in [1.807, 2.05) is 48.5 Å². The Morgan fingerprint density at radius 2 is 1.85 bits per heavy atom. The molecule has 0 amide bonds. The van der Waals surface area contributed by atoms with E-state index in [-0.39, 0.29) is 0 Å². The quantitative estimate of drug-likeness (QED) is 0.599. The van der Waals surface area contributed by atoms with E-state index >= 15 is 0 Å². The molecule has 0 radical (unpaired) electrons. The molecule has 2 rings (SSSR count). The molecule has 4 nitrogen and oxygen atoms in total. The molecular weight excluding hydrogens is 344 g/mol. The van der Waals surface area contributed by atoms with Crippen LogP contribution in [0.5, 0.6) is 0 Å². The zero-order chi connectivity index (χ0) is 19.1. The highest BCUT2D eigenvalue weighted by Gasteiger charge is 2.11. The highest BCUT2D eigenvalue weighted by atomic mass is 35.5. The molecule has 0 spiro atoms. The van der Waals surface area contributed by atoms with E-state index < -0.39 is 0 Å². The minimum Gasteiger partial charge on any atom is -0.387 e. The maximum Gasteiger partial charge on any atom is 0.163 e. The minimum atomic E-state index is 0.414. The Morgan fingerprint density at radius 3 is 2.46 bits per heavy atom. The van der Waals surface area contributed by atoms with Gasteiger partial charge in [0.25, 0.3) is 0 Å². The number of hydrogen-bond acceptors (Lipinski definition) is 2. The molecule has 5 heteroatoms. The van der Waals surface area contributed by atoms with Gasteiger partial charge in [0.2, 0.25) is 0 Å². The summed E-state index contributed by atoms with van der Waals surface area (Å²) in [6.07, 6.45) is 0. The molecule has 0 aromatic heterocycles. The molecule has 2 N–H and O–H groups in total. The summed E-state index contributed by atoms with van der Waals surface area (Å²) in [5.41, 5.74) is 9.24. The van der Waals surface area contributed by atoms with Crippen LogP contribution in [0.15, 0.2) is 65.1 Å². The topological polar surface area (TPSA) is 54.0 Å². The Labute approximate surface area is 160 Å². The maximum absolute atomic E-state index is 6.44. The Morgan fingerprint density at radius 1 is 1.15 bits per heavy atom. The molecule has 0 fully saturated rings. The maximum atomic E-state index is 6.44. The fraction of sp³-hybridized carbons (Fsp3) is 0.238. The van der Waals surface area contributed by atoms with Gasteiger partial charge >= 0.3 is 0 Å². The van der Waals surface area contributed by atoms with Crippen molar-refractivity contribution >= 4 is 29.0 Å². The lowest BCUT2D eigenvalue weighted by Crippen LogP contribution is -2.17. The Bertz CT molecular complexity index is 821. The molecule has 2 aromatic rings. The van der Waals surface area contributed by atoms with E-state index in [0.29, 0.717) is 22.4 Å². The molecule has 0 unspecified atom stereocenters. The lowest BCUT2D eigenvalue weighted by molar-refractivity contribution is 0.346. The molecule has 0 heterocycles. The normalized spacial score (nSPS) is 12.5. The van der Waals surface area contributed by atoms with Gasteiger partial charge < -0.3 is 10.6 Å². The van der Waals surface area contributed by atoms with Gasteiger partial charge in [-0.15, -0.1) is 0 Å². The van der Waals surface area contributed by atoms with Gasteiger partial charge in [0.1, 0.15) is 0 Å². The van der Waals surface area contributed by atoms with Gasteiger partial charge in [0.05, 0.1) is 16.6 Å². The molecule has 0 aliphatic carbocycles. The molecule has 0 aliphatic rings. The average molecular weight is 369 g/mol. The van der Waals surface area contributed by atoms with E-state index in [9.17, 15) is 0 Å². The lowest BCUT2D eigenvalue weighted by Gasteiger charge is -2.15. The Balaban J connectivity index is 2.47. The summed E-state index contributed by atoms with van der Waals surface area (Å²) >= 11 is 6.44. The van der Waals surface area contributed by atoms with Crippen LogP contribution < -0.4 is 5.73 Å². The highest BCUT2D eigenvalue weighted by molar-refractivity contribution is 6.34.